The Kier molecular flexibility index (Phi) is 7.63. The van der Waals surface area contributed by atoms with Crippen molar-refractivity contribution in [2.45, 2.75) is 50.8 Å². The normalized spacial score (nSPS) is 19.3. The number of nitrogens with one attached hydrogen (secondary N) is 2. The van der Waals surface area contributed by atoms with Crippen molar-refractivity contribution in [1.82, 2.24) is 20.2 Å². The summed E-state index contributed by atoms with van der Waals surface area (Å²) >= 11 is 0. The Hall–Kier alpha value is -4.54. The van der Waals surface area contributed by atoms with E-state index in [1.165, 1.54) is 28.8 Å². The molecule has 10 nitrogen and oxygen atoms in total. The van der Waals surface area contributed by atoms with Crippen molar-refractivity contribution >= 4 is 17.8 Å². The Labute approximate surface area is 229 Å². The molecule has 3 aliphatic rings. The van der Waals surface area contributed by atoms with Crippen LogP contribution in [0.25, 0.3) is 0 Å². The van der Waals surface area contributed by atoms with Gasteiger partial charge in [0.15, 0.2) is 11.5 Å². The van der Waals surface area contributed by atoms with Gasteiger partial charge in [-0.1, -0.05) is 42.5 Å². The highest BCUT2D eigenvalue weighted by Crippen LogP contribution is 2.43. The van der Waals surface area contributed by atoms with E-state index in [0.29, 0.717) is 37.8 Å². The first kappa shape index (κ1) is 27.0. The third-order valence-corrected chi connectivity index (χ3v) is 7.50. The molecule has 208 valence electrons. The molecule has 0 atom stereocenters. The third-order valence-electron chi connectivity index (χ3n) is 7.50. The SMILES string of the molecule is O=C(CNC(=O)c1nc2n(c(=O)c1OCc1ccccc1)CC1CCC2(NC(=O)O)CC1)Cc1ccc(F)cc1. The molecule has 1 aromatic heterocycles. The maximum Gasteiger partial charge on any atom is 0.405 e. The van der Waals surface area contributed by atoms with Gasteiger partial charge in [-0.15, -0.1) is 0 Å². The maximum atomic E-state index is 13.8. The van der Waals surface area contributed by atoms with E-state index in [1.807, 2.05) is 30.3 Å². The minimum atomic E-state index is -1.25. The minimum absolute atomic E-state index is 0.00281. The number of carbonyl (C=O) groups excluding carboxylic acids is 2. The van der Waals surface area contributed by atoms with Crippen LogP contribution in [0.3, 0.4) is 0 Å². The summed E-state index contributed by atoms with van der Waals surface area (Å²) in [5, 5.41) is 14.7. The highest BCUT2D eigenvalue weighted by atomic mass is 19.1. The van der Waals surface area contributed by atoms with Crippen LogP contribution in [0.1, 0.15) is 53.1 Å². The molecule has 1 saturated carbocycles. The molecule has 2 aromatic carbocycles. The molecule has 1 aliphatic carbocycles. The largest absolute Gasteiger partial charge is 0.481 e. The predicted molar refractivity (Wildman–Crippen MR) is 142 cm³/mol. The number of hydrogen-bond donors (Lipinski definition) is 3. The van der Waals surface area contributed by atoms with Crippen molar-refractivity contribution in [2.75, 3.05) is 6.54 Å². The molecule has 3 aromatic rings. The summed E-state index contributed by atoms with van der Waals surface area (Å²) in [5.41, 5.74) is -0.644. The van der Waals surface area contributed by atoms with Crippen LogP contribution in [0.4, 0.5) is 9.18 Å². The Morgan fingerprint density at radius 2 is 1.75 bits per heavy atom. The number of benzene rings is 2. The highest BCUT2D eigenvalue weighted by Gasteiger charge is 2.46. The van der Waals surface area contributed by atoms with Crippen LogP contribution in [-0.2, 0) is 29.9 Å². The fourth-order valence-electron chi connectivity index (χ4n) is 5.46. The summed E-state index contributed by atoms with van der Waals surface area (Å²) in [4.78, 5) is 56.1. The number of ether oxygens (including phenoxy) is 1. The van der Waals surface area contributed by atoms with E-state index in [9.17, 15) is 28.7 Å². The summed E-state index contributed by atoms with van der Waals surface area (Å²) in [6, 6.07) is 14.6. The number of aromatic nitrogens is 2. The Bertz CT molecular complexity index is 1480. The number of hydrogen-bond acceptors (Lipinski definition) is 6. The standard InChI is InChI=1S/C29H29FN4O6/c30-21-8-6-18(7-9-21)14-22(35)15-31-25(36)23-24(40-17-20-4-2-1-3-5-20)26(37)34-16-19-10-12-29(13-11-19,27(34)32-23)33-28(38)39/h1-9,19,33H,10-17H2,(H,31,36)(H,38,39). The first-order chi connectivity index (χ1) is 19.2. The van der Waals surface area contributed by atoms with Crippen LogP contribution >= 0.6 is 0 Å². The van der Waals surface area contributed by atoms with Crippen molar-refractivity contribution in [1.29, 1.82) is 0 Å². The zero-order chi connectivity index (χ0) is 28.3. The Morgan fingerprint density at radius 1 is 1.05 bits per heavy atom. The highest BCUT2D eigenvalue weighted by molar-refractivity contribution is 5.97. The number of rotatable bonds is 9. The lowest BCUT2D eigenvalue weighted by molar-refractivity contribution is -0.117. The first-order valence-electron chi connectivity index (χ1n) is 13.1. The average molecular weight is 549 g/mol. The van der Waals surface area contributed by atoms with Crippen LogP contribution < -0.4 is 20.9 Å². The molecule has 2 amide bonds. The summed E-state index contributed by atoms with van der Waals surface area (Å²) in [5.74, 6) is -1.47. The summed E-state index contributed by atoms with van der Waals surface area (Å²) in [6.45, 7) is -0.0121. The van der Waals surface area contributed by atoms with Gasteiger partial charge < -0.3 is 20.5 Å². The van der Waals surface area contributed by atoms with E-state index < -0.39 is 28.9 Å². The van der Waals surface area contributed by atoms with Gasteiger partial charge in [-0.25, -0.2) is 14.2 Å². The Balaban J connectivity index is 1.47. The summed E-state index contributed by atoms with van der Waals surface area (Å²) < 4.78 is 20.5. The molecule has 0 saturated heterocycles. The van der Waals surface area contributed by atoms with Gasteiger partial charge in [-0.05, 0) is 54.9 Å². The van der Waals surface area contributed by atoms with Crippen molar-refractivity contribution in [3.63, 3.8) is 0 Å². The number of amides is 2. The molecular weight excluding hydrogens is 519 g/mol. The molecule has 6 rings (SSSR count). The lowest BCUT2D eigenvalue weighted by Crippen LogP contribution is -2.49. The fraction of sp³-hybridized carbons (Fsp3) is 0.345. The van der Waals surface area contributed by atoms with Gasteiger partial charge in [0.2, 0.25) is 5.75 Å². The quantitative estimate of drug-likeness (QED) is 0.373. The minimum Gasteiger partial charge on any atom is -0.481 e. The Morgan fingerprint density at radius 3 is 2.42 bits per heavy atom. The lowest BCUT2D eigenvalue weighted by atomic mass is 9.77. The van der Waals surface area contributed by atoms with E-state index in [2.05, 4.69) is 15.6 Å². The monoisotopic (exact) mass is 548 g/mol. The zero-order valence-electron chi connectivity index (χ0n) is 21.7. The molecule has 1 fully saturated rings. The van der Waals surface area contributed by atoms with Crippen LogP contribution in [0.15, 0.2) is 59.4 Å². The number of nitrogens with zero attached hydrogens (tertiary/aromatic N) is 2. The molecule has 0 unspecified atom stereocenters. The van der Waals surface area contributed by atoms with E-state index in [4.69, 9.17) is 4.74 Å². The topological polar surface area (TPSA) is 140 Å². The van der Waals surface area contributed by atoms with Gasteiger partial charge in [-0.3, -0.25) is 19.0 Å². The third kappa shape index (κ3) is 5.73. The molecule has 2 bridgehead atoms. The second kappa shape index (κ2) is 11.3. The predicted octanol–water partition coefficient (Wildman–Crippen LogP) is 3.17. The lowest BCUT2D eigenvalue weighted by Gasteiger charge is -2.36. The maximum absolute atomic E-state index is 13.8. The number of carboxylic acid groups (broad SMARTS) is 1. The zero-order valence-corrected chi connectivity index (χ0v) is 21.7. The van der Waals surface area contributed by atoms with Gasteiger partial charge in [0.05, 0.1) is 6.54 Å². The number of ketones is 1. The van der Waals surface area contributed by atoms with Gasteiger partial charge in [0.1, 0.15) is 23.8 Å². The second-order valence-electron chi connectivity index (χ2n) is 10.3. The van der Waals surface area contributed by atoms with E-state index in [1.54, 1.807) is 0 Å². The van der Waals surface area contributed by atoms with E-state index in [0.717, 1.165) is 5.56 Å². The van der Waals surface area contributed by atoms with Gasteiger partial charge >= 0.3 is 6.09 Å². The molecule has 2 aliphatic heterocycles. The second-order valence-corrected chi connectivity index (χ2v) is 10.3. The first-order valence-corrected chi connectivity index (χ1v) is 13.1. The van der Waals surface area contributed by atoms with Crippen molar-refractivity contribution in [3.8, 4) is 5.75 Å². The molecule has 40 heavy (non-hydrogen) atoms. The number of halogens is 1. The molecule has 0 spiro atoms. The molecule has 0 radical (unpaired) electrons. The molecular formula is C29H29FN4O6. The van der Waals surface area contributed by atoms with Crippen molar-refractivity contribution in [3.05, 3.63) is 93.4 Å². The summed E-state index contributed by atoms with van der Waals surface area (Å²) in [7, 11) is 0. The van der Waals surface area contributed by atoms with Gasteiger partial charge in [0, 0.05) is 13.0 Å². The van der Waals surface area contributed by atoms with Crippen LogP contribution in [-0.4, -0.2) is 39.0 Å². The molecule has 11 heteroatoms. The van der Waals surface area contributed by atoms with Gasteiger partial charge in [-0.2, -0.15) is 0 Å². The fourth-order valence-corrected chi connectivity index (χ4v) is 5.46. The van der Waals surface area contributed by atoms with E-state index in [-0.39, 0.29) is 48.5 Å². The number of fused-ring (bicyclic) bond motifs is 2. The molecule has 3 N–H and O–H groups in total. The molecule has 3 heterocycles. The van der Waals surface area contributed by atoms with Crippen molar-refractivity contribution in [2.24, 2.45) is 5.92 Å². The van der Waals surface area contributed by atoms with Crippen LogP contribution in [0.5, 0.6) is 5.75 Å². The van der Waals surface area contributed by atoms with E-state index >= 15 is 0 Å². The van der Waals surface area contributed by atoms with Gasteiger partial charge in [0.25, 0.3) is 11.5 Å². The number of Topliss-reactive ketones (excluding diaryl/α,β-unsaturated/α-hetero) is 1. The van der Waals surface area contributed by atoms with Crippen LogP contribution in [0, 0.1) is 11.7 Å². The number of carbonyl (C=O) groups is 3. The summed E-state index contributed by atoms with van der Waals surface area (Å²) in [6.07, 6.45) is 1.01. The van der Waals surface area contributed by atoms with Crippen molar-refractivity contribution < 1.29 is 28.6 Å². The smallest absolute Gasteiger partial charge is 0.405 e. The average Bonchev–Trinajstić information content (AvgIpc) is 3.18. The van der Waals surface area contributed by atoms with Crippen LogP contribution in [0.2, 0.25) is 0 Å².